The van der Waals surface area contributed by atoms with Crippen LogP contribution in [0.15, 0.2) is 54.7 Å². The molecular weight excluding hydrogens is 453 g/mol. The Morgan fingerprint density at radius 3 is 2.37 bits per heavy atom. The lowest BCUT2D eigenvalue weighted by Gasteiger charge is -2.25. The average molecular weight is 485 g/mol. The number of ether oxygens (including phenoxy) is 1. The molecule has 1 heterocycles. The first-order valence-corrected chi connectivity index (χ1v) is 12.1. The van der Waals surface area contributed by atoms with Gasteiger partial charge in [-0.25, -0.2) is 4.98 Å². The molecule has 2 N–H and O–H groups in total. The van der Waals surface area contributed by atoms with Crippen LogP contribution >= 0.6 is 0 Å². The van der Waals surface area contributed by atoms with Gasteiger partial charge in [0.25, 0.3) is 0 Å². The quantitative estimate of drug-likeness (QED) is 0.339. The third-order valence-corrected chi connectivity index (χ3v) is 6.05. The Morgan fingerprint density at radius 1 is 0.971 bits per heavy atom. The highest BCUT2D eigenvalue weighted by Crippen LogP contribution is 2.40. The zero-order valence-corrected chi connectivity index (χ0v) is 20.0. The van der Waals surface area contributed by atoms with Crippen molar-refractivity contribution in [3.05, 3.63) is 65.9 Å². The number of hydrogen-bond donors (Lipinski definition) is 2. The Kier molecular flexibility index (Phi) is 7.78. The molecular formula is C27H31F3N4O. The zero-order chi connectivity index (χ0) is 24.8. The van der Waals surface area contributed by atoms with Crippen molar-refractivity contribution in [3.8, 4) is 5.75 Å². The second-order valence-electron chi connectivity index (χ2n) is 9.36. The molecule has 0 bridgehead atoms. The van der Waals surface area contributed by atoms with Gasteiger partial charge in [0.1, 0.15) is 17.1 Å². The molecule has 1 saturated carbocycles. The van der Waals surface area contributed by atoms with E-state index in [0.29, 0.717) is 29.8 Å². The van der Waals surface area contributed by atoms with E-state index in [1.807, 2.05) is 24.3 Å². The molecule has 0 unspecified atom stereocenters. The Bertz CT molecular complexity index is 1110. The van der Waals surface area contributed by atoms with Gasteiger partial charge in [0, 0.05) is 17.6 Å². The predicted molar refractivity (Wildman–Crippen MR) is 133 cm³/mol. The van der Waals surface area contributed by atoms with E-state index in [0.717, 1.165) is 43.2 Å². The van der Waals surface area contributed by atoms with Crippen molar-refractivity contribution in [1.29, 1.82) is 0 Å². The van der Waals surface area contributed by atoms with Crippen LogP contribution in [0.5, 0.6) is 5.75 Å². The van der Waals surface area contributed by atoms with Gasteiger partial charge in [0.05, 0.1) is 6.61 Å². The number of para-hydroxylation sites is 1. The van der Waals surface area contributed by atoms with Crippen LogP contribution in [0.25, 0.3) is 0 Å². The number of benzene rings is 2. The zero-order valence-electron chi connectivity index (χ0n) is 20.0. The number of anilines is 4. The van der Waals surface area contributed by atoms with Crippen LogP contribution in [-0.4, -0.2) is 16.6 Å². The number of hydrogen-bond acceptors (Lipinski definition) is 5. The number of halogens is 3. The van der Waals surface area contributed by atoms with Gasteiger partial charge in [-0.3, -0.25) is 0 Å². The number of nitrogens with one attached hydrogen (secondary N) is 2. The summed E-state index contributed by atoms with van der Waals surface area (Å²) >= 11 is 0. The minimum atomic E-state index is -4.59. The largest absolute Gasteiger partial charge is 0.493 e. The van der Waals surface area contributed by atoms with Gasteiger partial charge in [0.2, 0.25) is 5.95 Å². The highest BCUT2D eigenvalue weighted by Gasteiger charge is 2.35. The second-order valence-corrected chi connectivity index (χ2v) is 9.36. The Labute approximate surface area is 204 Å². The van der Waals surface area contributed by atoms with Crippen molar-refractivity contribution in [2.24, 2.45) is 5.92 Å². The highest BCUT2D eigenvalue weighted by atomic mass is 19.4. The lowest BCUT2D eigenvalue weighted by atomic mass is 9.83. The van der Waals surface area contributed by atoms with Crippen molar-refractivity contribution in [1.82, 2.24) is 9.97 Å². The molecule has 0 radical (unpaired) electrons. The van der Waals surface area contributed by atoms with E-state index in [9.17, 15) is 13.2 Å². The van der Waals surface area contributed by atoms with E-state index >= 15 is 0 Å². The van der Waals surface area contributed by atoms with Gasteiger partial charge in [0.15, 0.2) is 0 Å². The lowest BCUT2D eigenvalue weighted by molar-refractivity contribution is -0.137. The number of aromatic nitrogens is 2. The Hall–Kier alpha value is -3.29. The van der Waals surface area contributed by atoms with Gasteiger partial charge in [-0.2, -0.15) is 18.2 Å². The fourth-order valence-electron chi connectivity index (χ4n) is 4.28. The molecule has 1 aromatic heterocycles. The van der Waals surface area contributed by atoms with Crippen molar-refractivity contribution in [2.75, 3.05) is 17.2 Å². The summed E-state index contributed by atoms with van der Waals surface area (Å²) in [6.45, 7) is 4.74. The summed E-state index contributed by atoms with van der Waals surface area (Å²) in [7, 11) is 0. The van der Waals surface area contributed by atoms with Gasteiger partial charge < -0.3 is 15.4 Å². The van der Waals surface area contributed by atoms with Crippen LogP contribution < -0.4 is 15.4 Å². The van der Waals surface area contributed by atoms with E-state index < -0.39 is 11.7 Å². The van der Waals surface area contributed by atoms with Crippen LogP contribution in [0.1, 0.15) is 63.0 Å². The van der Waals surface area contributed by atoms with Crippen molar-refractivity contribution >= 4 is 23.1 Å². The summed E-state index contributed by atoms with van der Waals surface area (Å²) in [6, 6.07) is 14.7. The van der Waals surface area contributed by atoms with Gasteiger partial charge in [-0.05, 0) is 60.6 Å². The molecule has 0 saturated heterocycles. The molecule has 1 aliphatic rings. The van der Waals surface area contributed by atoms with E-state index in [1.54, 1.807) is 24.3 Å². The molecule has 5 nitrogen and oxygen atoms in total. The van der Waals surface area contributed by atoms with Crippen LogP contribution in [0.4, 0.5) is 36.3 Å². The van der Waals surface area contributed by atoms with E-state index in [4.69, 9.17) is 4.74 Å². The van der Waals surface area contributed by atoms with Gasteiger partial charge in [-0.15, -0.1) is 0 Å². The molecule has 3 aromatic rings. The molecule has 0 spiro atoms. The van der Waals surface area contributed by atoms with E-state index in [2.05, 4.69) is 34.4 Å². The predicted octanol–water partition coefficient (Wildman–Crippen LogP) is 8.07. The van der Waals surface area contributed by atoms with E-state index in [1.165, 1.54) is 6.42 Å². The SMILES string of the molecule is CC(C)COc1ccc(Nc2ncc(C(F)(F)F)c(Nc3ccccc3C3CCCCC3)n2)cc1. The molecule has 0 amide bonds. The maximum absolute atomic E-state index is 13.8. The van der Waals surface area contributed by atoms with Crippen molar-refractivity contribution in [3.63, 3.8) is 0 Å². The summed E-state index contributed by atoms with van der Waals surface area (Å²) < 4.78 is 47.0. The van der Waals surface area contributed by atoms with Crippen molar-refractivity contribution < 1.29 is 17.9 Å². The minimum Gasteiger partial charge on any atom is -0.493 e. The molecule has 35 heavy (non-hydrogen) atoms. The third kappa shape index (κ3) is 6.65. The molecule has 1 aliphatic carbocycles. The van der Waals surface area contributed by atoms with Crippen LogP contribution in [-0.2, 0) is 6.18 Å². The van der Waals surface area contributed by atoms with Gasteiger partial charge >= 0.3 is 6.18 Å². The number of alkyl halides is 3. The first kappa shape index (κ1) is 24.8. The summed E-state index contributed by atoms with van der Waals surface area (Å²) in [5, 5.41) is 5.97. The third-order valence-electron chi connectivity index (χ3n) is 6.05. The first-order chi connectivity index (χ1) is 16.8. The maximum Gasteiger partial charge on any atom is 0.421 e. The topological polar surface area (TPSA) is 59.1 Å². The van der Waals surface area contributed by atoms with Crippen LogP contribution in [0, 0.1) is 5.92 Å². The van der Waals surface area contributed by atoms with E-state index in [-0.39, 0.29) is 11.8 Å². The fourth-order valence-corrected chi connectivity index (χ4v) is 4.28. The number of nitrogens with zero attached hydrogens (tertiary/aromatic N) is 2. The molecule has 0 atom stereocenters. The molecule has 186 valence electrons. The van der Waals surface area contributed by atoms with Crippen molar-refractivity contribution in [2.45, 2.75) is 58.0 Å². The molecule has 0 aliphatic heterocycles. The molecule has 1 fully saturated rings. The Balaban J connectivity index is 1.58. The van der Waals surface area contributed by atoms with Crippen LogP contribution in [0.3, 0.4) is 0 Å². The smallest absolute Gasteiger partial charge is 0.421 e. The Morgan fingerprint density at radius 2 is 1.69 bits per heavy atom. The maximum atomic E-state index is 13.8. The normalized spacial score (nSPS) is 14.7. The first-order valence-electron chi connectivity index (χ1n) is 12.1. The van der Waals surface area contributed by atoms with Gasteiger partial charge in [-0.1, -0.05) is 51.3 Å². The lowest BCUT2D eigenvalue weighted by Crippen LogP contribution is -2.14. The average Bonchev–Trinajstić information content (AvgIpc) is 2.84. The minimum absolute atomic E-state index is 0.0755. The summed E-state index contributed by atoms with van der Waals surface area (Å²) in [6.07, 6.45) is 1.79. The fraction of sp³-hybridized carbons (Fsp3) is 0.407. The number of rotatable bonds is 8. The molecule has 4 rings (SSSR count). The monoisotopic (exact) mass is 484 g/mol. The summed E-state index contributed by atoms with van der Waals surface area (Å²) in [5.74, 6) is 1.26. The summed E-state index contributed by atoms with van der Waals surface area (Å²) in [4.78, 5) is 8.14. The standard InChI is InChI=1S/C27H31F3N4O/c1-18(2)17-35-21-14-12-20(13-15-21)32-26-31-16-23(27(28,29)30)25(34-26)33-24-11-7-6-10-22(24)19-8-4-3-5-9-19/h6-7,10-16,18-19H,3-5,8-9,17H2,1-2H3,(H2,31,32,33,34). The van der Waals surface area contributed by atoms with Crippen LogP contribution in [0.2, 0.25) is 0 Å². The molecule has 8 heteroatoms. The molecule has 2 aromatic carbocycles. The highest BCUT2D eigenvalue weighted by molar-refractivity contribution is 5.66. The second kappa shape index (κ2) is 11.0. The summed E-state index contributed by atoms with van der Waals surface area (Å²) in [5.41, 5.74) is 1.43.